The molecule has 3 N–H and O–H groups in total. The fourth-order valence-corrected chi connectivity index (χ4v) is 4.70. The van der Waals surface area contributed by atoms with Crippen molar-refractivity contribution < 1.29 is 14.6 Å². The standard InChI is InChI=1S/C24H26N4O3/c1-24(2)12-20(29)21(16-10-6-7-11-18(16)24)25-23(30)26-22-17-13-31-14-19(17)27-28(22)15-8-4-3-5-9-15/h3-11,20-21,29H,12-14H2,1-2H3,(H2,25,26,30)/t20-,21?/m1/s1. The monoisotopic (exact) mass is 418 g/mol. The highest BCUT2D eigenvalue weighted by Gasteiger charge is 2.39. The number of nitrogens with one attached hydrogen (secondary N) is 2. The zero-order valence-electron chi connectivity index (χ0n) is 17.6. The van der Waals surface area contributed by atoms with Gasteiger partial charge in [-0.1, -0.05) is 56.3 Å². The van der Waals surface area contributed by atoms with Gasteiger partial charge in [0.2, 0.25) is 0 Å². The van der Waals surface area contributed by atoms with Crippen molar-refractivity contribution in [3.05, 3.63) is 77.0 Å². The zero-order chi connectivity index (χ0) is 21.6. The van der Waals surface area contributed by atoms with Crippen LogP contribution in [0.1, 0.15) is 48.7 Å². The largest absolute Gasteiger partial charge is 0.391 e. The summed E-state index contributed by atoms with van der Waals surface area (Å²) in [7, 11) is 0. The number of amides is 2. The number of fused-ring (bicyclic) bond motifs is 2. The number of anilines is 1. The summed E-state index contributed by atoms with van der Waals surface area (Å²) in [5.41, 5.74) is 4.50. The van der Waals surface area contributed by atoms with Crippen LogP contribution in [-0.4, -0.2) is 27.0 Å². The number of para-hydroxylation sites is 1. The van der Waals surface area contributed by atoms with Crippen LogP contribution < -0.4 is 10.6 Å². The Morgan fingerprint density at radius 2 is 1.87 bits per heavy atom. The van der Waals surface area contributed by atoms with Crippen molar-refractivity contribution in [1.29, 1.82) is 0 Å². The fourth-order valence-electron chi connectivity index (χ4n) is 4.70. The van der Waals surface area contributed by atoms with Crippen molar-refractivity contribution in [3.63, 3.8) is 0 Å². The van der Waals surface area contributed by atoms with Crippen molar-refractivity contribution in [1.82, 2.24) is 15.1 Å². The molecule has 2 aliphatic rings. The van der Waals surface area contributed by atoms with E-state index in [1.165, 1.54) is 0 Å². The molecule has 160 valence electrons. The molecule has 3 aromatic rings. The highest BCUT2D eigenvalue weighted by atomic mass is 16.5. The van der Waals surface area contributed by atoms with Gasteiger partial charge in [0.25, 0.3) is 0 Å². The van der Waals surface area contributed by atoms with Gasteiger partial charge in [-0.3, -0.25) is 5.32 Å². The third-order valence-corrected chi connectivity index (χ3v) is 6.20. The second-order valence-electron chi connectivity index (χ2n) is 8.83. The maximum atomic E-state index is 13.1. The van der Waals surface area contributed by atoms with E-state index in [0.29, 0.717) is 25.5 Å². The number of nitrogens with zero attached hydrogens (tertiary/aromatic N) is 2. The Kier molecular flexibility index (Phi) is 4.79. The number of aliphatic hydroxyl groups is 1. The quantitative estimate of drug-likeness (QED) is 0.604. The lowest BCUT2D eigenvalue weighted by Crippen LogP contribution is -2.45. The molecule has 1 aliphatic carbocycles. The first-order chi connectivity index (χ1) is 14.9. The number of aromatic nitrogens is 2. The first-order valence-corrected chi connectivity index (χ1v) is 10.5. The van der Waals surface area contributed by atoms with Gasteiger partial charge in [-0.05, 0) is 35.1 Å². The summed E-state index contributed by atoms with van der Waals surface area (Å²) in [4.78, 5) is 13.1. The van der Waals surface area contributed by atoms with Crippen molar-refractivity contribution in [2.75, 3.05) is 5.32 Å². The summed E-state index contributed by atoms with van der Waals surface area (Å²) in [5.74, 6) is 0.593. The Hall–Kier alpha value is -3.16. The van der Waals surface area contributed by atoms with Gasteiger partial charge in [-0.15, -0.1) is 0 Å². The minimum atomic E-state index is -0.677. The van der Waals surface area contributed by atoms with E-state index in [4.69, 9.17) is 4.74 Å². The van der Waals surface area contributed by atoms with Crippen LogP contribution in [0.3, 0.4) is 0 Å². The minimum absolute atomic E-state index is 0.158. The third-order valence-electron chi connectivity index (χ3n) is 6.20. The van der Waals surface area contributed by atoms with Gasteiger partial charge < -0.3 is 15.2 Å². The number of benzene rings is 2. The molecule has 0 radical (unpaired) electrons. The van der Waals surface area contributed by atoms with Gasteiger partial charge in [0, 0.05) is 5.56 Å². The summed E-state index contributed by atoms with van der Waals surface area (Å²) in [5, 5.41) is 21.4. The maximum absolute atomic E-state index is 13.1. The number of carbonyl (C=O) groups excluding carboxylic acids is 1. The summed E-state index contributed by atoms with van der Waals surface area (Å²) in [6.07, 6.45) is -0.108. The highest BCUT2D eigenvalue weighted by molar-refractivity contribution is 5.90. The maximum Gasteiger partial charge on any atom is 0.320 e. The number of aliphatic hydroxyl groups excluding tert-OH is 1. The van der Waals surface area contributed by atoms with Crippen LogP contribution in [0, 0.1) is 0 Å². The molecule has 0 fully saturated rings. The molecule has 1 aliphatic heterocycles. The van der Waals surface area contributed by atoms with E-state index in [1.54, 1.807) is 4.68 Å². The van der Waals surface area contributed by atoms with Crippen molar-refractivity contribution in [3.8, 4) is 5.69 Å². The molecule has 0 spiro atoms. The third kappa shape index (κ3) is 3.49. The van der Waals surface area contributed by atoms with E-state index in [2.05, 4.69) is 35.6 Å². The Balaban J connectivity index is 1.43. The molecule has 1 aromatic heterocycles. The molecular weight excluding hydrogens is 392 g/mol. The van der Waals surface area contributed by atoms with Gasteiger partial charge in [-0.25, -0.2) is 9.48 Å². The lowest BCUT2D eigenvalue weighted by molar-refractivity contribution is 0.0883. The van der Waals surface area contributed by atoms with E-state index in [0.717, 1.165) is 28.1 Å². The predicted molar refractivity (Wildman–Crippen MR) is 117 cm³/mol. The number of hydrogen-bond donors (Lipinski definition) is 3. The Morgan fingerprint density at radius 3 is 2.68 bits per heavy atom. The van der Waals surface area contributed by atoms with Crippen LogP contribution in [0.2, 0.25) is 0 Å². The fraction of sp³-hybridized carbons (Fsp3) is 0.333. The van der Waals surface area contributed by atoms with Crippen LogP contribution in [0.15, 0.2) is 54.6 Å². The summed E-state index contributed by atoms with van der Waals surface area (Å²) < 4.78 is 7.25. The topological polar surface area (TPSA) is 88.4 Å². The van der Waals surface area contributed by atoms with Gasteiger partial charge in [0.1, 0.15) is 5.82 Å². The second-order valence-corrected chi connectivity index (χ2v) is 8.83. The molecule has 5 rings (SSSR count). The van der Waals surface area contributed by atoms with E-state index in [9.17, 15) is 9.90 Å². The van der Waals surface area contributed by atoms with E-state index >= 15 is 0 Å². The molecule has 2 atom stereocenters. The van der Waals surface area contributed by atoms with Crippen LogP contribution in [0.25, 0.3) is 5.69 Å². The molecule has 0 bridgehead atoms. The Bertz CT molecular complexity index is 1120. The first-order valence-electron chi connectivity index (χ1n) is 10.5. The van der Waals surface area contributed by atoms with E-state index in [-0.39, 0.29) is 11.4 Å². The van der Waals surface area contributed by atoms with Crippen LogP contribution in [0.5, 0.6) is 0 Å². The highest BCUT2D eigenvalue weighted by Crippen LogP contribution is 2.41. The summed E-state index contributed by atoms with van der Waals surface area (Å²) in [6.45, 7) is 5.07. The smallest absolute Gasteiger partial charge is 0.320 e. The molecule has 2 aromatic carbocycles. The second kappa shape index (κ2) is 7.51. The molecular formula is C24H26N4O3. The Morgan fingerprint density at radius 1 is 1.13 bits per heavy atom. The number of carbonyl (C=O) groups is 1. The van der Waals surface area contributed by atoms with E-state index in [1.807, 2.05) is 48.5 Å². The average molecular weight is 418 g/mol. The SMILES string of the molecule is CC1(C)C[C@@H](O)C(NC(=O)Nc2c3c(nn2-c2ccccc2)COC3)c2ccccc21. The predicted octanol–water partition coefficient (Wildman–Crippen LogP) is 3.81. The zero-order valence-corrected chi connectivity index (χ0v) is 17.6. The minimum Gasteiger partial charge on any atom is -0.391 e. The number of urea groups is 1. The van der Waals surface area contributed by atoms with Gasteiger partial charge in [-0.2, -0.15) is 5.10 Å². The first kappa shape index (κ1) is 19.8. The van der Waals surface area contributed by atoms with E-state index < -0.39 is 12.1 Å². The molecule has 1 unspecified atom stereocenters. The molecule has 2 heterocycles. The number of hydrogen-bond acceptors (Lipinski definition) is 4. The Labute approximate surface area is 181 Å². The molecule has 0 saturated heterocycles. The lowest BCUT2D eigenvalue weighted by atomic mass is 9.70. The summed E-state index contributed by atoms with van der Waals surface area (Å²) >= 11 is 0. The number of rotatable bonds is 3. The molecule has 7 heteroatoms. The van der Waals surface area contributed by atoms with Crippen molar-refractivity contribution in [2.45, 2.75) is 51.0 Å². The lowest BCUT2D eigenvalue weighted by Gasteiger charge is -2.40. The van der Waals surface area contributed by atoms with Crippen LogP contribution in [0.4, 0.5) is 10.6 Å². The normalized spacial score (nSPS) is 21.3. The van der Waals surface area contributed by atoms with Gasteiger partial charge in [0.15, 0.2) is 0 Å². The van der Waals surface area contributed by atoms with Crippen molar-refractivity contribution in [2.24, 2.45) is 0 Å². The van der Waals surface area contributed by atoms with Gasteiger partial charge in [0.05, 0.1) is 36.7 Å². The van der Waals surface area contributed by atoms with Gasteiger partial charge >= 0.3 is 6.03 Å². The average Bonchev–Trinajstić information content (AvgIpc) is 3.34. The molecule has 2 amide bonds. The van der Waals surface area contributed by atoms with Crippen LogP contribution >= 0.6 is 0 Å². The number of ether oxygens (including phenoxy) is 1. The molecule has 0 saturated carbocycles. The molecule has 7 nitrogen and oxygen atoms in total. The molecule has 31 heavy (non-hydrogen) atoms. The van der Waals surface area contributed by atoms with Crippen molar-refractivity contribution >= 4 is 11.8 Å². The summed E-state index contributed by atoms with van der Waals surface area (Å²) in [6, 6.07) is 16.8. The van der Waals surface area contributed by atoms with Crippen LogP contribution in [-0.2, 0) is 23.4 Å².